The standard InChI is InChI=1S/C43H80NO8P/c1-6-8-10-12-14-16-18-20-22-24-25-27-29-31-33-35-42(45)49-39-41(40-51-53(47,48)50-38-37-44(3,4)5)52-43(46)36-34-32-30-28-26-23-21-19-17-15-13-11-9-7-2/h12-15,19,21,41H,6-11,16-18,20,22-40H2,1-5H3/b14-12+,15-13+,21-19+/t41-/m1/s1. The average Bonchev–Trinajstić information content (AvgIpc) is 3.10. The van der Waals surface area contributed by atoms with Crippen LogP contribution in [0.5, 0.6) is 0 Å². The third kappa shape index (κ3) is 39.7. The highest BCUT2D eigenvalue weighted by atomic mass is 31.2. The smallest absolute Gasteiger partial charge is 0.306 e. The minimum Gasteiger partial charge on any atom is -0.756 e. The van der Waals surface area contributed by atoms with Crippen molar-refractivity contribution in [3.63, 3.8) is 0 Å². The summed E-state index contributed by atoms with van der Waals surface area (Å²) in [6.45, 7) is 4.13. The van der Waals surface area contributed by atoms with Crippen molar-refractivity contribution < 1.29 is 42.1 Å². The Kier molecular flexibility index (Phi) is 34.7. The Hall–Kier alpha value is -1.77. The Labute approximate surface area is 325 Å². The van der Waals surface area contributed by atoms with Gasteiger partial charge in [-0.25, -0.2) is 0 Å². The zero-order valence-corrected chi connectivity index (χ0v) is 35.6. The van der Waals surface area contributed by atoms with Gasteiger partial charge >= 0.3 is 11.9 Å². The Balaban J connectivity index is 4.40. The summed E-state index contributed by atoms with van der Waals surface area (Å²) >= 11 is 0. The van der Waals surface area contributed by atoms with Crippen LogP contribution in [0.3, 0.4) is 0 Å². The van der Waals surface area contributed by atoms with Crippen molar-refractivity contribution in [3.05, 3.63) is 36.5 Å². The fraction of sp³-hybridized carbons (Fsp3) is 0.814. The summed E-state index contributed by atoms with van der Waals surface area (Å²) in [5, 5.41) is 0. The first-order valence-corrected chi connectivity index (χ1v) is 22.7. The second-order valence-electron chi connectivity index (χ2n) is 15.3. The Morgan fingerprint density at radius 1 is 0.585 bits per heavy atom. The minimum absolute atomic E-state index is 0.0342. The van der Waals surface area contributed by atoms with Crippen LogP contribution in [0.15, 0.2) is 36.5 Å². The molecule has 0 bridgehead atoms. The highest BCUT2D eigenvalue weighted by molar-refractivity contribution is 7.45. The predicted molar refractivity (Wildman–Crippen MR) is 217 cm³/mol. The van der Waals surface area contributed by atoms with E-state index in [1.807, 2.05) is 21.1 Å². The molecular weight excluding hydrogens is 689 g/mol. The number of hydrogen-bond donors (Lipinski definition) is 0. The number of hydrogen-bond acceptors (Lipinski definition) is 8. The van der Waals surface area contributed by atoms with Crippen LogP contribution >= 0.6 is 7.82 Å². The number of allylic oxidation sites excluding steroid dienone is 6. The van der Waals surface area contributed by atoms with Gasteiger partial charge in [0.05, 0.1) is 27.7 Å². The van der Waals surface area contributed by atoms with E-state index >= 15 is 0 Å². The second-order valence-corrected chi connectivity index (χ2v) is 16.8. The van der Waals surface area contributed by atoms with Crippen LogP contribution in [0, 0.1) is 0 Å². The maximum Gasteiger partial charge on any atom is 0.306 e. The van der Waals surface area contributed by atoms with E-state index in [4.69, 9.17) is 18.5 Å². The third-order valence-corrected chi connectivity index (χ3v) is 9.85. The predicted octanol–water partition coefficient (Wildman–Crippen LogP) is 11.1. The van der Waals surface area contributed by atoms with Crippen LogP contribution in [0.4, 0.5) is 0 Å². The van der Waals surface area contributed by atoms with Crippen molar-refractivity contribution in [2.75, 3.05) is 47.5 Å². The lowest BCUT2D eigenvalue weighted by Gasteiger charge is -2.28. The van der Waals surface area contributed by atoms with Crippen molar-refractivity contribution in [1.82, 2.24) is 0 Å². The van der Waals surface area contributed by atoms with Crippen LogP contribution in [0.1, 0.15) is 174 Å². The maximum absolute atomic E-state index is 12.6. The Morgan fingerprint density at radius 2 is 1.02 bits per heavy atom. The van der Waals surface area contributed by atoms with E-state index in [2.05, 4.69) is 50.3 Å². The van der Waals surface area contributed by atoms with Crippen molar-refractivity contribution in [1.29, 1.82) is 0 Å². The number of ether oxygens (including phenoxy) is 2. The van der Waals surface area contributed by atoms with Gasteiger partial charge in [0.25, 0.3) is 7.82 Å². The SMILES string of the molecule is CCCC/C=C/C/C=C/CCCCCCCC(=O)O[C@H](COC(=O)CCCCCCCCCCC/C=C/CCCC)COP(=O)([O-])OCC[N+](C)(C)C. The Morgan fingerprint density at radius 3 is 1.51 bits per heavy atom. The number of carbonyl (C=O) groups excluding carboxylic acids is 2. The van der Waals surface area contributed by atoms with E-state index in [1.165, 1.54) is 77.0 Å². The van der Waals surface area contributed by atoms with Crippen LogP contribution in [0.2, 0.25) is 0 Å². The maximum atomic E-state index is 12.6. The van der Waals surface area contributed by atoms with Gasteiger partial charge in [0, 0.05) is 12.8 Å². The molecule has 53 heavy (non-hydrogen) atoms. The lowest BCUT2D eigenvalue weighted by atomic mass is 10.1. The molecule has 0 spiro atoms. The van der Waals surface area contributed by atoms with Gasteiger partial charge in [-0.1, -0.05) is 140 Å². The van der Waals surface area contributed by atoms with Gasteiger partial charge in [-0.05, 0) is 57.8 Å². The van der Waals surface area contributed by atoms with Crippen LogP contribution < -0.4 is 4.89 Å². The van der Waals surface area contributed by atoms with Crippen molar-refractivity contribution in [2.45, 2.75) is 180 Å². The molecule has 310 valence electrons. The number of likely N-dealkylation sites (N-methyl/N-ethyl adjacent to an activating group) is 1. The number of esters is 2. The van der Waals surface area contributed by atoms with Crippen LogP contribution in [0.25, 0.3) is 0 Å². The first-order valence-electron chi connectivity index (χ1n) is 21.2. The van der Waals surface area contributed by atoms with Crippen molar-refractivity contribution in [3.8, 4) is 0 Å². The zero-order chi connectivity index (χ0) is 39.3. The van der Waals surface area contributed by atoms with Crippen LogP contribution in [-0.4, -0.2) is 70.0 Å². The van der Waals surface area contributed by atoms with E-state index in [-0.39, 0.29) is 26.1 Å². The lowest BCUT2D eigenvalue weighted by molar-refractivity contribution is -0.870. The van der Waals surface area contributed by atoms with Gasteiger partial charge < -0.3 is 27.9 Å². The number of nitrogens with zero attached hydrogens (tertiary/aromatic N) is 1. The van der Waals surface area contributed by atoms with Crippen LogP contribution in [-0.2, 0) is 32.7 Å². The molecule has 0 saturated heterocycles. The molecule has 0 rings (SSSR count). The molecule has 9 nitrogen and oxygen atoms in total. The van der Waals surface area contributed by atoms with Gasteiger partial charge in [-0.15, -0.1) is 0 Å². The number of rotatable bonds is 38. The van der Waals surface area contributed by atoms with Crippen molar-refractivity contribution >= 4 is 19.8 Å². The minimum atomic E-state index is -4.62. The molecule has 0 aromatic heterocycles. The average molecular weight is 770 g/mol. The molecule has 0 saturated carbocycles. The number of quaternary nitrogens is 1. The first kappa shape index (κ1) is 51.2. The molecule has 0 aliphatic heterocycles. The summed E-state index contributed by atoms with van der Waals surface area (Å²) < 4.78 is 33.8. The monoisotopic (exact) mass is 770 g/mol. The largest absolute Gasteiger partial charge is 0.756 e. The topological polar surface area (TPSA) is 111 Å². The van der Waals surface area contributed by atoms with E-state index in [0.29, 0.717) is 17.4 Å². The van der Waals surface area contributed by atoms with Gasteiger partial charge in [0.1, 0.15) is 19.8 Å². The van der Waals surface area contributed by atoms with E-state index in [0.717, 1.165) is 64.2 Å². The summed E-state index contributed by atoms with van der Waals surface area (Å²) in [4.78, 5) is 37.5. The second kappa shape index (κ2) is 35.9. The number of unbranched alkanes of at least 4 members (excludes halogenated alkanes) is 18. The quantitative estimate of drug-likeness (QED) is 0.0201. The summed E-state index contributed by atoms with van der Waals surface area (Å²) in [5.41, 5.74) is 0. The van der Waals surface area contributed by atoms with Crippen molar-refractivity contribution in [2.24, 2.45) is 0 Å². The zero-order valence-electron chi connectivity index (χ0n) is 34.7. The summed E-state index contributed by atoms with van der Waals surface area (Å²) in [7, 11) is 1.15. The fourth-order valence-electron chi connectivity index (χ4n) is 5.47. The normalized spacial score (nSPS) is 14.0. The van der Waals surface area contributed by atoms with Gasteiger partial charge in [-0.3, -0.25) is 14.2 Å². The molecule has 1 unspecified atom stereocenters. The summed E-state index contributed by atoms with van der Waals surface area (Å²) in [6, 6.07) is 0. The van der Waals surface area contributed by atoms with E-state index in [9.17, 15) is 19.0 Å². The Bertz CT molecular complexity index is 1010. The number of carbonyl (C=O) groups is 2. The fourth-order valence-corrected chi connectivity index (χ4v) is 6.20. The summed E-state index contributed by atoms with van der Waals surface area (Å²) in [6.07, 6.45) is 38.8. The molecule has 0 aromatic carbocycles. The van der Waals surface area contributed by atoms with E-state index in [1.54, 1.807) is 0 Å². The summed E-state index contributed by atoms with van der Waals surface area (Å²) in [5.74, 6) is -0.854. The lowest BCUT2D eigenvalue weighted by Crippen LogP contribution is -2.37. The molecule has 0 fully saturated rings. The van der Waals surface area contributed by atoms with Gasteiger partial charge in [0.2, 0.25) is 0 Å². The molecule has 0 N–H and O–H groups in total. The molecule has 0 heterocycles. The molecule has 10 heteroatoms. The number of phosphoric ester groups is 1. The van der Waals surface area contributed by atoms with Gasteiger partial charge in [-0.2, -0.15) is 0 Å². The molecule has 0 radical (unpaired) electrons. The molecule has 0 amide bonds. The van der Waals surface area contributed by atoms with Gasteiger partial charge in [0.15, 0.2) is 6.10 Å². The molecule has 2 atom stereocenters. The highest BCUT2D eigenvalue weighted by Gasteiger charge is 2.21. The number of phosphoric acid groups is 1. The third-order valence-electron chi connectivity index (χ3n) is 8.88. The first-order chi connectivity index (χ1) is 25.5. The highest BCUT2D eigenvalue weighted by Crippen LogP contribution is 2.38. The van der Waals surface area contributed by atoms with E-state index < -0.39 is 32.5 Å². The molecule has 0 aromatic rings. The molecular formula is C43H80NO8P. The molecule has 0 aliphatic carbocycles. The molecule has 0 aliphatic rings.